The van der Waals surface area contributed by atoms with Crippen molar-refractivity contribution in [3.63, 3.8) is 0 Å². The molecule has 1 aliphatic heterocycles. The summed E-state index contributed by atoms with van der Waals surface area (Å²) in [4.78, 5) is 25.5. The zero-order chi connectivity index (χ0) is 14.0. The van der Waals surface area contributed by atoms with Crippen LogP contribution in [0.4, 0.5) is 0 Å². The van der Waals surface area contributed by atoms with Crippen molar-refractivity contribution in [1.29, 1.82) is 0 Å². The van der Waals surface area contributed by atoms with Crippen LogP contribution >= 0.6 is 0 Å². The van der Waals surface area contributed by atoms with E-state index in [0.717, 1.165) is 0 Å². The highest BCUT2D eigenvalue weighted by atomic mass is 16.5. The van der Waals surface area contributed by atoms with Crippen molar-refractivity contribution >= 4 is 11.9 Å². The molecule has 1 unspecified atom stereocenters. The predicted molar refractivity (Wildman–Crippen MR) is 66.8 cm³/mol. The van der Waals surface area contributed by atoms with Crippen molar-refractivity contribution in [2.75, 3.05) is 6.54 Å². The number of hydrogen-bond acceptors (Lipinski definition) is 4. The minimum atomic E-state index is -1.08. The highest BCUT2D eigenvalue weighted by Gasteiger charge is 2.49. The molecule has 1 aromatic rings. The number of aryl methyl sites for hydroxylation is 1. The lowest BCUT2D eigenvalue weighted by molar-refractivity contribution is -0.148. The zero-order valence-corrected chi connectivity index (χ0v) is 11.2. The molecule has 6 heteroatoms. The van der Waals surface area contributed by atoms with Gasteiger partial charge in [0.05, 0.1) is 0 Å². The topological polar surface area (TPSA) is 83.6 Å². The summed E-state index contributed by atoms with van der Waals surface area (Å²) < 4.78 is 4.89. The molecule has 2 rings (SSSR count). The molecule has 1 fully saturated rings. The summed E-state index contributed by atoms with van der Waals surface area (Å²) in [7, 11) is 0. The molecule has 0 radical (unpaired) electrons. The molecule has 1 aromatic heterocycles. The fourth-order valence-corrected chi connectivity index (χ4v) is 2.78. The van der Waals surface area contributed by atoms with Gasteiger partial charge in [0.1, 0.15) is 11.3 Å². The lowest BCUT2D eigenvalue weighted by atomic mass is 9.90. The predicted octanol–water partition coefficient (Wildman–Crippen LogP) is 1.84. The zero-order valence-electron chi connectivity index (χ0n) is 11.2. The van der Waals surface area contributed by atoms with E-state index in [0.29, 0.717) is 38.0 Å². The van der Waals surface area contributed by atoms with Crippen LogP contribution in [0.3, 0.4) is 0 Å². The number of carbonyl (C=O) groups is 2. The minimum absolute atomic E-state index is 0.182. The standard InChI is InChI=1S/C13H18N2O4/c1-3-5-13(12(17)18)6-4-7-15(13)11(16)10-8-9(2)19-14-10/h8H,3-7H2,1-2H3,(H,17,18). The van der Waals surface area contributed by atoms with Crippen LogP contribution in [0.2, 0.25) is 0 Å². The number of likely N-dealkylation sites (tertiary alicyclic amines) is 1. The average Bonchev–Trinajstić information content (AvgIpc) is 2.96. The van der Waals surface area contributed by atoms with Gasteiger partial charge in [-0.3, -0.25) is 4.79 Å². The van der Waals surface area contributed by atoms with E-state index >= 15 is 0 Å². The second kappa shape index (κ2) is 5.03. The number of hydrogen-bond donors (Lipinski definition) is 1. The first kappa shape index (κ1) is 13.6. The summed E-state index contributed by atoms with van der Waals surface area (Å²) in [6.45, 7) is 4.08. The first-order chi connectivity index (χ1) is 9.01. The molecule has 6 nitrogen and oxygen atoms in total. The Labute approximate surface area is 111 Å². The monoisotopic (exact) mass is 266 g/mol. The van der Waals surface area contributed by atoms with Gasteiger partial charge in [-0.15, -0.1) is 0 Å². The van der Waals surface area contributed by atoms with Gasteiger partial charge in [-0.25, -0.2) is 4.79 Å². The number of rotatable bonds is 4. The molecule has 0 aromatic carbocycles. The molecule has 1 aliphatic rings. The lowest BCUT2D eigenvalue weighted by Crippen LogP contribution is -2.53. The van der Waals surface area contributed by atoms with E-state index < -0.39 is 11.5 Å². The molecule has 1 atom stereocenters. The van der Waals surface area contributed by atoms with Crippen molar-refractivity contribution in [1.82, 2.24) is 10.1 Å². The van der Waals surface area contributed by atoms with Crippen molar-refractivity contribution in [3.05, 3.63) is 17.5 Å². The van der Waals surface area contributed by atoms with Gasteiger partial charge in [-0.1, -0.05) is 18.5 Å². The molecule has 104 valence electrons. The van der Waals surface area contributed by atoms with E-state index in [1.54, 1.807) is 13.0 Å². The van der Waals surface area contributed by atoms with Crippen LogP contribution in [0.15, 0.2) is 10.6 Å². The Bertz CT molecular complexity index is 497. The van der Waals surface area contributed by atoms with Crippen LogP contribution in [0.1, 0.15) is 48.9 Å². The number of carboxylic acid groups (broad SMARTS) is 1. The van der Waals surface area contributed by atoms with Crippen molar-refractivity contribution in [2.45, 2.75) is 45.1 Å². The molecular formula is C13H18N2O4. The third kappa shape index (κ3) is 2.22. The maximum absolute atomic E-state index is 12.4. The van der Waals surface area contributed by atoms with Crippen LogP contribution in [-0.4, -0.2) is 39.1 Å². The normalized spacial score (nSPS) is 22.7. The summed E-state index contributed by atoms with van der Waals surface area (Å²) in [6, 6.07) is 1.54. The SMILES string of the molecule is CCCC1(C(=O)O)CCCN1C(=O)c1cc(C)on1. The Morgan fingerprint density at radius 3 is 2.84 bits per heavy atom. The summed E-state index contributed by atoms with van der Waals surface area (Å²) in [5.41, 5.74) is -0.903. The van der Waals surface area contributed by atoms with E-state index in [1.165, 1.54) is 4.90 Å². The number of carbonyl (C=O) groups excluding carboxylic acids is 1. The fraction of sp³-hybridized carbons (Fsp3) is 0.615. The molecule has 1 N–H and O–H groups in total. The third-order valence-electron chi connectivity index (χ3n) is 3.64. The summed E-state index contributed by atoms with van der Waals surface area (Å²) >= 11 is 0. The van der Waals surface area contributed by atoms with Crippen LogP contribution < -0.4 is 0 Å². The van der Waals surface area contributed by atoms with Gasteiger partial charge in [0.15, 0.2) is 5.69 Å². The molecule has 0 aliphatic carbocycles. The Morgan fingerprint density at radius 1 is 1.58 bits per heavy atom. The van der Waals surface area contributed by atoms with Crippen LogP contribution in [0.5, 0.6) is 0 Å². The maximum atomic E-state index is 12.4. The van der Waals surface area contributed by atoms with Gasteiger partial charge in [0.25, 0.3) is 5.91 Å². The van der Waals surface area contributed by atoms with Crippen molar-refractivity contribution in [3.8, 4) is 0 Å². The number of nitrogens with zero attached hydrogens (tertiary/aromatic N) is 2. The second-order valence-corrected chi connectivity index (χ2v) is 4.97. The van der Waals surface area contributed by atoms with Crippen LogP contribution in [0, 0.1) is 6.92 Å². The van der Waals surface area contributed by atoms with Crippen LogP contribution in [0.25, 0.3) is 0 Å². The van der Waals surface area contributed by atoms with E-state index in [1.807, 2.05) is 6.92 Å². The van der Waals surface area contributed by atoms with E-state index in [9.17, 15) is 14.7 Å². The van der Waals surface area contributed by atoms with E-state index in [-0.39, 0.29) is 11.6 Å². The Morgan fingerprint density at radius 2 is 2.32 bits per heavy atom. The quantitative estimate of drug-likeness (QED) is 0.899. The molecular weight excluding hydrogens is 248 g/mol. The smallest absolute Gasteiger partial charge is 0.329 e. The summed E-state index contributed by atoms with van der Waals surface area (Å²) in [6.07, 6.45) is 2.38. The van der Waals surface area contributed by atoms with Gasteiger partial charge >= 0.3 is 5.97 Å². The third-order valence-corrected chi connectivity index (χ3v) is 3.64. The van der Waals surface area contributed by atoms with E-state index in [4.69, 9.17) is 4.52 Å². The molecule has 0 spiro atoms. The van der Waals surface area contributed by atoms with E-state index in [2.05, 4.69) is 5.16 Å². The highest BCUT2D eigenvalue weighted by Crippen LogP contribution is 2.35. The van der Waals surface area contributed by atoms with Gasteiger partial charge in [0, 0.05) is 12.6 Å². The second-order valence-electron chi connectivity index (χ2n) is 4.97. The molecule has 2 heterocycles. The van der Waals surface area contributed by atoms with Gasteiger partial charge in [-0.05, 0) is 26.2 Å². The maximum Gasteiger partial charge on any atom is 0.329 e. The van der Waals surface area contributed by atoms with Gasteiger partial charge in [0.2, 0.25) is 0 Å². The largest absolute Gasteiger partial charge is 0.479 e. The Balaban J connectivity index is 2.31. The molecule has 1 saturated heterocycles. The van der Waals surface area contributed by atoms with Gasteiger partial charge in [-0.2, -0.15) is 0 Å². The lowest BCUT2D eigenvalue weighted by Gasteiger charge is -2.34. The Hall–Kier alpha value is -1.85. The molecule has 19 heavy (non-hydrogen) atoms. The molecule has 1 amide bonds. The first-order valence-electron chi connectivity index (χ1n) is 6.50. The highest BCUT2D eigenvalue weighted by molar-refractivity contribution is 5.96. The number of amides is 1. The number of carboxylic acids is 1. The Kier molecular flexibility index (Phi) is 3.59. The van der Waals surface area contributed by atoms with Gasteiger partial charge < -0.3 is 14.5 Å². The average molecular weight is 266 g/mol. The fourth-order valence-electron chi connectivity index (χ4n) is 2.78. The summed E-state index contributed by atoms with van der Waals surface area (Å²) in [5, 5.41) is 13.2. The first-order valence-corrected chi connectivity index (χ1v) is 6.50. The minimum Gasteiger partial charge on any atom is -0.479 e. The number of aliphatic carboxylic acids is 1. The molecule has 0 bridgehead atoms. The van der Waals surface area contributed by atoms with Crippen molar-refractivity contribution in [2.24, 2.45) is 0 Å². The summed E-state index contributed by atoms with van der Waals surface area (Å²) in [5.74, 6) is -0.746. The van der Waals surface area contributed by atoms with Crippen molar-refractivity contribution < 1.29 is 19.2 Å². The molecule has 0 saturated carbocycles. The van der Waals surface area contributed by atoms with Crippen LogP contribution in [-0.2, 0) is 4.79 Å². The number of aromatic nitrogens is 1.